The second-order valence-electron chi connectivity index (χ2n) is 12.7. The van der Waals surface area contributed by atoms with E-state index in [1.54, 1.807) is 23.3 Å². The predicted octanol–water partition coefficient (Wildman–Crippen LogP) is 8.04. The molecule has 0 atom stereocenters. The molecule has 0 unspecified atom stereocenters. The van der Waals surface area contributed by atoms with Gasteiger partial charge < -0.3 is 9.36 Å². The molecular formula is C32H44BCl3F3N3O5S. The van der Waals surface area contributed by atoms with Crippen LogP contribution in [0.25, 0.3) is 0 Å². The number of hydrogen-bond donors (Lipinski definition) is 0. The van der Waals surface area contributed by atoms with Gasteiger partial charge in [0.1, 0.15) is 11.4 Å². The van der Waals surface area contributed by atoms with Gasteiger partial charge in [0.25, 0.3) is 5.73 Å². The topological polar surface area (TPSA) is 101 Å². The van der Waals surface area contributed by atoms with E-state index in [0.29, 0.717) is 5.73 Å². The molecule has 16 heteroatoms. The second-order valence-corrected chi connectivity index (χ2v) is 15.3. The number of rotatable bonds is 6. The van der Waals surface area contributed by atoms with Crippen molar-refractivity contribution in [3.8, 4) is 0 Å². The Labute approximate surface area is 298 Å². The maximum Gasteiger partial charge on any atom is 0.485 e. The highest BCUT2D eigenvalue weighted by Gasteiger charge is 2.60. The largest absolute Gasteiger partial charge is 0.741 e. The van der Waals surface area contributed by atoms with E-state index in [1.807, 2.05) is 27.7 Å². The molecule has 0 aromatic heterocycles. The van der Waals surface area contributed by atoms with E-state index in [0.717, 1.165) is 44.8 Å². The first-order valence-electron chi connectivity index (χ1n) is 15.0. The molecule has 2 amide bonds. The maximum atomic E-state index is 14.3. The van der Waals surface area contributed by atoms with E-state index < -0.39 is 27.3 Å². The van der Waals surface area contributed by atoms with Crippen LogP contribution in [-0.4, -0.2) is 69.1 Å². The molecule has 2 aromatic carbocycles. The minimum Gasteiger partial charge on any atom is -0.741 e. The molecule has 0 spiro atoms. The fourth-order valence-electron chi connectivity index (χ4n) is 5.91. The van der Waals surface area contributed by atoms with E-state index >= 15 is 0 Å². The van der Waals surface area contributed by atoms with E-state index in [-0.39, 0.29) is 29.2 Å². The summed E-state index contributed by atoms with van der Waals surface area (Å²) in [6.45, 7) is 24.0. The number of nitrogens with zero attached hydrogens (tertiary/aromatic N) is 3. The van der Waals surface area contributed by atoms with Crippen LogP contribution in [0, 0.1) is 47.0 Å². The van der Waals surface area contributed by atoms with Gasteiger partial charge in [-0.05, 0) is 89.7 Å². The third-order valence-electron chi connectivity index (χ3n) is 7.60. The van der Waals surface area contributed by atoms with Crippen molar-refractivity contribution in [1.82, 2.24) is 4.81 Å². The molecule has 8 nitrogen and oxygen atoms in total. The molecule has 0 fully saturated rings. The summed E-state index contributed by atoms with van der Waals surface area (Å²) in [6, 6.07) is 8.48. The number of carbonyl (C=O) groups excluding carboxylic acids is 2. The Balaban J connectivity index is 0.000000904. The number of anilines is 1. The third-order valence-corrected chi connectivity index (χ3v) is 8.59. The summed E-state index contributed by atoms with van der Waals surface area (Å²) in [5.41, 5.74) is 1.24. The molecular weight excluding hydrogens is 713 g/mol. The summed E-state index contributed by atoms with van der Waals surface area (Å²) < 4.78 is 60.6. The molecule has 2 aromatic rings. The average molecular weight is 757 g/mol. The van der Waals surface area contributed by atoms with E-state index in [1.165, 1.54) is 0 Å². The van der Waals surface area contributed by atoms with E-state index in [4.69, 9.17) is 47.6 Å². The zero-order chi connectivity index (χ0) is 37.9. The minimum atomic E-state index is -6.09. The Morgan fingerprint density at radius 3 is 1.52 bits per heavy atom. The summed E-state index contributed by atoms with van der Waals surface area (Å²) in [5, 5.41) is 0.194. The van der Waals surface area contributed by atoms with Crippen LogP contribution in [-0.2, 0) is 19.7 Å². The standard InChI is InChI=1S/C30H42BClN3O2.CH2Cl2.CHF3O3S/c1-17(2)35(18(3)4)31(32)29-33(25-21(7)13-19(5)14-22(25)8)27(36)30(11,12)28(37)34(29)26-23(9)15-20(6)16-24(26)10;2-1-3;2-1(3,4)8(5,6)7/h13-18H,1-12H3;1H2;(H,5,6,7)/q+1;;/p-1. The lowest BCUT2D eigenvalue weighted by Gasteiger charge is -2.39. The van der Waals surface area contributed by atoms with Gasteiger partial charge in [0.05, 0.1) is 5.34 Å². The lowest BCUT2D eigenvalue weighted by molar-refractivity contribution is -0.377. The lowest BCUT2D eigenvalue weighted by Crippen LogP contribution is -2.66. The van der Waals surface area contributed by atoms with Crippen molar-refractivity contribution >= 4 is 80.0 Å². The fourth-order valence-corrected chi connectivity index (χ4v) is 6.55. The monoisotopic (exact) mass is 755 g/mol. The van der Waals surface area contributed by atoms with Crippen LogP contribution in [0.2, 0.25) is 0 Å². The highest BCUT2D eigenvalue weighted by Crippen LogP contribution is 2.39. The van der Waals surface area contributed by atoms with Gasteiger partial charge in [0, 0.05) is 0 Å². The van der Waals surface area contributed by atoms with E-state index in [9.17, 15) is 22.8 Å². The fraction of sp³-hybridized carbons (Fsp3) is 0.531. The van der Waals surface area contributed by atoms with Gasteiger partial charge in [0.15, 0.2) is 15.5 Å². The predicted molar refractivity (Wildman–Crippen MR) is 189 cm³/mol. The first-order valence-corrected chi connectivity index (χ1v) is 17.9. The second kappa shape index (κ2) is 16.7. The van der Waals surface area contributed by atoms with Crippen molar-refractivity contribution in [3.63, 3.8) is 0 Å². The molecule has 0 N–H and O–H groups in total. The van der Waals surface area contributed by atoms with Crippen molar-refractivity contribution in [2.75, 3.05) is 10.2 Å². The van der Waals surface area contributed by atoms with Crippen LogP contribution >= 0.6 is 34.7 Å². The molecule has 1 aliphatic heterocycles. The van der Waals surface area contributed by atoms with Gasteiger partial charge in [-0.2, -0.15) is 34.1 Å². The first-order chi connectivity index (χ1) is 21.7. The number of aryl methyl sites for hydroxylation is 6. The van der Waals surface area contributed by atoms with Crippen molar-refractivity contribution in [3.05, 3.63) is 57.6 Å². The Morgan fingerprint density at radius 1 is 0.875 bits per heavy atom. The Kier molecular flexibility index (Phi) is 15.3. The smallest absolute Gasteiger partial charge is 0.485 e. The van der Waals surface area contributed by atoms with Gasteiger partial charge in [-0.15, -0.1) is 23.2 Å². The lowest BCUT2D eigenvalue weighted by atomic mass is 9.76. The number of alkyl halides is 5. The zero-order valence-corrected chi connectivity index (χ0v) is 32.4. The number of benzene rings is 2. The molecule has 0 bridgehead atoms. The maximum absolute atomic E-state index is 14.3. The minimum absolute atomic E-state index is 0.0827. The summed E-state index contributed by atoms with van der Waals surface area (Å²) in [4.78, 5) is 32.5. The highest BCUT2D eigenvalue weighted by atomic mass is 35.5. The number of hydrogen-bond acceptors (Lipinski definition) is 6. The molecule has 1 aliphatic rings. The van der Waals surface area contributed by atoms with E-state index in [2.05, 4.69) is 70.6 Å². The third kappa shape index (κ3) is 9.75. The Hall–Kier alpha value is -2.16. The van der Waals surface area contributed by atoms with Crippen LogP contribution in [0.1, 0.15) is 74.9 Å². The molecule has 0 radical (unpaired) electrons. The van der Waals surface area contributed by atoms with Gasteiger partial charge in [-0.3, -0.25) is 0 Å². The van der Waals surface area contributed by atoms with Crippen molar-refractivity contribution < 1.29 is 40.3 Å². The molecule has 0 saturated heterocycles. The Bertz CT molecular complexity index is 1610. The van der Waals surface area contributed by atoms with Crippen molar-refractivity contribution in [2.24, 2.45) is 5.41 Å². The van der Waals surface area contributed by atoms with Crippen LogP contribution in [0.3, 0.4) is 0 Å². The highest BCUT2D eigenvalue weighted by molar-refractivity contribution is 7.86. The normalized spacial score (nSPS) is 15.1. The van der Waals surface area contributed by atoms with Crippen LogP contribution in [0.15, 0.2) is 24.3 Å². The van der Waals surface area contributed by atoms with Gasteiger partial charge >= 0.3 is 23.6 Å². The molecule has 1 heterocycles. The van der Waals surface area contributed by atoms with Crippen LogP contribution in [0.5, 0.6) is 0 Å². The summed E-state index contributed by atoms with van der Waals surface area (Å²) in [6.07, 6.45) is -0.732. The van der Waals surface area contributed by atoms with Crippen molar-refractivity contribution in [1.29, 1.82) is 0 Å². The number of carbonyl (C=O) groups is 2. The molecule has 3 rings (SSSR count). The zero-order valence-electron chi connectivity index (χ0n) is 29.3. The van der Waals surface area contributed by atoms with Gasteiger partial charge in [0.2, 0.25) is 0 Å². The van der Waals surface area contributed by atoms with Crippen LogP contribution in [0.4, 0.5) is 24.5 Å². The number of amidine groups is 1. The number of amides is 2. The molecule has 0 saturated carbocycles. The Morgan fingerprint density at radius 2 is 1.21 bits per heavy atom. The average Bonchev–Trinajstić information content (AvgIpc) is 2.88. The molecule has 268 valence electrons. The van der Waals surface area contributed by atoms with Gasteiger partial charge in [-0.25, -0.2) is 18.0 Å². The van der Waals surface area contributed by atoms with Gasteiger partial charge in [-0.1, -0.05) is 63.1 Å². The molecule has 0 aliphatic carbocycles. The summed E-state index contributed by atoms with van der Waals surface area (Å²) in [5.74, 6) is -0.529. The SMILES string of the molecule is Cc1cc(C)c(N2C(=O)C(C)(C)C(=O)[N+](c3c(C)cc(C)cc3C)=C2B(Cl)N(C(C)C)C(C)C)c(C)c1.ClCCl.O=S(=O)([O-])C(F)(F)F. The molecule has 48 heavy (non-hydrogen) atoms. The first kappa shape index (κ1) is 43.9. The summed E-state index contributed by atoms with van der Waals surface area (Å²) >= 11 is 16.9. The quantitative estimate of drug-likeness (QED) is 0.0739. The van der Waals surface area contributed by atoms with Crippen LogP contribution < -0.4 is 4.90 Å². The number of halogens is 6. The summed E-state index contributed by atoms with van der Waals surface area (Å²) in [7, 11) is -6.09. The van der Waals surface area contributed by atoms with Crippen molar-refractivity contribution in [2.45, 2.75) is 101 Å².